The molecule has 0 aliphatic heterocycles. The molecule has 12 heavy (non-hydrogen) atoms. The molecule has 2 atom stereocenters. The fourth-order valence-corrected chi connectivity index (χ4v) is 2.47. The Labute approximate surface area is 105 Å². The second-order valence-electron chi connectivity index (χ2n) is 2.52. The highest BCUT2D eigenvalue weighted by Gasteiger charge is 2.36. The van der Waals surface area contributed by atoms with Crippen LogP contribution >= 0.6 is 61.2 Å². The van der Waals surface area contributed by atoms with E-state index in [0.717, 1.165) is 10.3 Å². The Morgan fingerprint density at radius 1 is 1.58 bits per heavy atom. The zero-order valence-corrected chi connectivity index (χ0v) is 11.9. The van der Waals surface area contributed by atoms with Crippen LogP contribution in [0.3, 0.4) is 0 Å². The molecular formula is C6H9Br3N2S. The topological polar surface area (TPSA) is 38.9 Å². The average Bonchev–Trinajstić information content (AvgIpc) is 2.42. The van der Waals surface area contributed by atoms with Gasteiger partial charge in [-0.15, -0.1) is 45.3 Å². The number of rotatable bonds is 1. The van der Waals surface area contributed by atoms with Gasteiger partial charge in [0.05, 0.1) is 0 Å². The number of thiazole rings is 1. The number of hydrogen-bond donors (Lipinski definition) is 1. The average molecular weight is 381 g/mol. The molecule has 2 N–H and O–H groups in total. The van der Waals surface area contributed by atoms with Gasteiger partial charge in [-0.2, -0.15) is 0 Å². The van der Waals surface area contributed by atoms with Crippen molar-refractivity contribution in [2.75, 3.05) is 0 Å². The van der Waals surface area contributed by atoms with Gasteiger partial charge in [-0.25, -0.2) is 4.98 Å². The predicted molar refractivity (Wildman–Crippen MR) is 65.8 cm³/mol. The largest absolute Gasteiger partial charge is 0.327 e. The SMILES string of the molecule is Br.Br.N[C@@H]1C[C@H]1c1cnc(Br)s1. The van der Waals surface area contributed by atoms with E-state index in [1.54, 1.807) is 11.3 Å². The maximum absolute atomic E-state index is 5.67. The van der Waals surface area contributed by atoms with Gasteiger partial charge in [0, 0.05) is 23.0 Å². The minimum atomic E-state index is 0. The third-order valence-corrected chi connectivity index (χ3v) is 3.31. The first-order valence-corrected chi connectivity index (χ1v) is 4.75. The van der Waals surface area contributed by atoms with Crippen LogP contribution in [0.1, 0.15) is 17.2 Å². The lowest BCUT2D eigenvalue weighted by Gasteiger charge is -1.85. The summed E-state index contributed by atoms with van der Waals surface area (Å²) in [4.78, 5) is 5.41. The summed E-state index contributed by atoms with van der Waals surface area (Å²) in [5.74, 6) is 0.601. The van der Waals surface area contributed by atoms with Gasteiger partial charge in [0.25, 0.3) is 0 Å². The van der Waals surface area contributed by atoms with E-state index in [9.17, 15) is 0 Å². The predicted octanol–water partition coefficient (Wildman–Crippen LogP) is 2.88. The fraction of sp³-hybridized carbons (Fsp3) is 0.500. The molecule has 1 heterocycles. The Morgan fingerprint density at radius 2 is 2.17 bits per heavy atom. The Hall–Kier alpha value is 1.03. The quantitative estimate of drug-likeness (QED) is 0.813. The Bertz CT molecular complexity index is 253. The summed E-state index contributed by atoms with van der Waals surface area (Å²) in [6.45, 7) is 0. The molecule has 1 aromatic rings. The minimum absolute atomic E-state index is 0. The monoisotopic (exact) mass is 378 g/mol. The molecule has 0 amide bonds. The van der Waals surface area contributed by atoms with Crippen molar-refractivity contribution in [1.82, 2.24) is 4.98 Å². The Balaban J connectivity index is 0.000000605. The highest BCUT2D eigenvalue weighted by Crippen LogP contribution is 2.42. The van der Waals surface area contributed by atoms with Crippen molar-refractivity contribution in [3.63, 3.8) is 0 Å². The first-order valence-electron chi connectivity index (χ1n) is 3.14. The fourth-order valence-electron chi connectivity index (χ4n) is 0.978. The van der Waals surface area contributed by atoms with E-state index in [0.29, 0.717) is 12.0 Å². The van der Waals surface area contributed by atoms with Gasteiger partial charge in [-0.05, 0) is 22.4 Å². The Kier molecular flexibility index (Phi) is 5.48. The highest BCUT2D eigenvalue weighted by molar-refractivity contribution is 9.11. The lowest BCUT2D eigenvalue weighted by Crippen LogP contribution is -1.99. The zero-order valence-electron chi connectivity index (χ0n) is 6.07. The molecule has 1 aliphatic rings. The highest BCUT2D eigenvalue weighted by atomic mass is 79.9. The number of aromatic nitrogens is 1. The van der Waals surface area contributed by atoms with Gasteiger partial charge in [-0.1, -0.05) is 0 Å². The maximum Gasteiger partial charge on any atom is 0.159 e. The van der Waals surface area contributed by atoms with Gasteiger partial charge in [0.2, 0.25) is 0 Å². The van der Waals surface area contributed by atoms with Crippen molar-refractivity contribution in [3.05, 3.63) is 15.0 Å². The number of nitrogens with zero attached hydrogens (tertiary/aromatic N) is 1. The summed E-state index contributed by atoms with van der Waals surface area (Å²) in [6, 6.07) is 0.396. The van der Waals surface area contributed by atoms with Crippen LogP contribution in [0.2, 0.25) is 0 Å². The van der Waals surface area contributed by atoms with E-state index in [1.165, 1.54) is 4.88 Å². The molecule has 2 rings (SSSR count). The van der Waals surface area contributed by atoms with Gasteiger partial charge < -0.3 is 5.73 Å². The van der Waals surface area contributed by atoms with Crippen LogP contribution in [0.4, 0.5) is 0 Å². The third kappa shape index (κ3) is 2.77. The van der Waals surface area contributed by atoms with Crippen molar-refractivity contribution in [1.29, 1.82) is 0 Å². The molecule has 1 aromatic heterocycles. The molecule has 6 heteroatoms. The molecule has 0 unspecified atom stereocenters. The van der Waals surface area contributed by atoms with Crippen LogP contribution in [0.25, 0.3) is 0 Å². The van der Waals surface area contributed by atoms with Gasteiger partial charge in [0.1, 0.15) is 0 Å². The van der Waals surface area contributed by atoms with E-state index in [-0.39, 0.29) is 34.0 Å². The maximum atomic E-state index is 5.67. The van der Waals surface area contributed by atoms with Crippen LogP contribution in [0.15, 0.2) is 10.1 Å². The molecule has 0 spiro atoms. The second-order valence-corrected chi connectivity index (χ2v) is 4.86. The summed E-state index contributed by atoms with van der Waals surface area (Å²) in [5, 5.41) is 0. The molecule has 2 nitrogen and oxygen atoms in total. The summed E-state index contributed by atoms with van der Waals surface area (Å²) < 4.78 is 0.960. The molecule has 1 saturated carbocycles. The number of halogens is 3. The van der Waals surface area contributed by atoms with E-state index >= 15 is 0 Å². The summed E-state index contributed by atoms with van der Waals surface area (Å²) >= 11 is 5.00. The van der Waals surface area contributed by atoms with Crippen LogP contribution in [0.5, 0.6) is 0 Å². The standard InChI is InChI=1S/C6H7BrN2S.2BrH/c7-6-9-2-5(10-6)3-1-4(3)8;;/h2-4H,1,8H2;2*1H/t3-,4-;;/m1../s1. The van der Waals surface area contributed by atoms with Crippen LogP contribution in [-0.4, -0.2) is 11.0 Å². The van der Waals surface area contributed by atoms with Crippen molar-refractivity contribution in [2.45, 2.75) is 18.4 Å². The van der Waals surface area contributed by atoms with E-state index in [1.807, 2.05) is 6.20 Å². The minimum Gasteiger partial charge on any atom is -0.327 e. The lowest BCUT2D eigenvalue weighted by molar-refractivity contribution is 1.00. The van der Waals surface area contributed by atoms with E-state index < -0.39 is 0 Å². The molecular weight excluding hydrogens is 372 g/mol. The molecule has 0 radical (unpaired) electrons. The summed E-state index contributed by atoms with van der Waals surface area (Å²) in [6.07, 6.45) is 3.04. The first-order chi connectivity index (χ1) is 4.77. The molecule has 0 aromatic carbocycles. The van der Waals surface area contributed by atoms with Gasteiger partial charge in [0.15, 0.2) is 3.92 Å². The zero-order chi connectivity index (χ0) is 7.14. The van der Waals surface area contributed by atoms with Crippen molar-refractivity contribution in [2.24, 2.45) is 5.73 Å². The third-order valence-electron chi connectivity index (χ3n) is 1.70. The van der Waals surface area contributed by atoms with Crippen molar-refractivity contribution in [3.8, 4) is 0 Å². The first kappa shape index (κ1) is 13.0. The van der Waals surface area contributed by atoms with Crippen LogP contribution < -0.4 is 5.73 Å². The molecule has 0 saturated heterocycles. The normalized spacial score (nSPS) is 25.5. The second kappa shape index (κ2) is 5.05. The van der Waals surface area contributed by atoms with Gasteiger partial charge in [-0.3, -0.25) is 0 Å². The number of nitrogens with two attached hydrogens (primary N) is 1. The lowest BCUT2D eigenvalue weighted by atomic mass is 10.4. The summed E-state index contributed by atoms with van der Waals surface area (Å²) in [5.41, 5.74) is 5.67. The van der Waals surface area contributed by atoms with E-state index in [2.05, 4.69) is 20.9 Å². The van der Waals surface area contributed by atoms with Crippen molar-refractivity contribution < 1.29 is 0 Å². The molecule has 70 valence electrons. The van der Waals surface area contributed by atoms with Crippen molar-refractivity contribution >= 4 is 61.2 Å². The molecule has 0 bridgehead atoms. The molecule has 1 aliphatic carbocycles. The Morgan fingerprint density at radius 3 is 2.50 bits per heavy atom. The van der Waals surface area contributed by atoms with E-state index in [4.69, 9.17) is 5.73 Å². The van der Waals surface area contributed by atoms with Crippen LogP contribution in [0, 0.1) is 0 Å². The smallest absolute Gasteiger partial charge is 0.159 e. The van der Waals surface area contributed by atoms with Gasteiger partial charge >= 0.3 is 0 Å². The summed E-state index contributed by atoms with van der Waals surface area (Å²) in [7, 11) is 0. The molecule has 1 fully saturated rings. The number of hydrogen-bond acceptors (Lipinski definition) is 3. The van der Waals surface area contributed by atoms with Crippen LogP contribution in [-0.2, 0) is 0 Å².